The molecule has 0 amide bonds. The minimum Gasteiger partial charge on any atom is -0.437 e. The van der Waals surface area contributed by atoms with Crippen molar-refractivity contribution in [2.24, 2.45) is 0 Å². The number of nitrogens with one attached hydrogen (secondary N) is 1. The molecular weight excluding hydrogens is 253 g/mol. The van der Waals surface area contributed by atoms with Crippen molar-refractivity contribution in [3.8, 4) is 11.5 Å². The Hall–Kier alpha value is -1.66. The van der Waals surface area contributed by atoms with Gasteiger partial charge in [-0.25, -0.2) is 0 Å². The summed E-state index contributed by atoms with van der Waals surface area (Å²) in [6.45, 7) is 1.75. The molecule has 1 aliphatic rings. The van der Waals surface area contributed by atoms with Crippen LogP contribution in [0.5, 0.6) is 0 Å². The van der Waals surface area contributed by atoms with Crippen molar-refractivity contribution in [1.29, 1.82) is 0 Å². The van der Waals surface area contributed by atoms with Gasteiger partial charge in [0.1, 0.15) is 0 Å². The minimum absolute atomic E-state index is 0.312. The van der Waals surface area contributed by atoms with E-state index in [0.717, 1.165) is 30.7 Å². The van der Waals surface area contributed by atoms with Crippen LogP contribution >= 0.6 is 0 Å². The molecule has 2 N–H and O–H groups in total. The third kappa shape index (κ3) is 2.91. The summed E-state index contributed by atoms with van der Waals surface area (Å²) in [5.41, 5.74) is 0.947. The SMILES string of the molecule is CB(O)NC1CCC(c2noc(-c3ccccc3)n2)C1. The third-order valence-corrected chi connectivity index (χ3v) is 3.74. The molecule has 3 rings (SSSR count). The first-order valence-corrected chi connectivity index (χ1v) is 7.05. The van der Waals surface area contributed by atoms with E-state index < -0.39 is 7.05 Å². The molecule has 20 heavy (non-hydrogen) atoms. The average Bonchev–Trinajstić information content (AvgIpc) is 3.07. The van der Waals surface area contributed by atoms with E-state index in [2.05, 4.69) is 15.4 Å². The second kappa shape index (κ2) is 5.77. The molecule has 5 nitrogen and oxygen atoms in total. The van der Waals surface area contributed by atoms with Crippen molar-refractivity contribution in [2.45, 2.75) is 38.0 Å². The standard InChI is InChI=1S/C14H18BN3O2/c1-15(19)17-12-8-7-11(9-12)13-16-14(20-18-13)10-5-3-2-4-6-10/h2-6,11-12,17,19H,7-9H2,1H3. The summed E-state index contributed by atoms with van der Waals surface area (Å²) in [7, 11) is -0.469. The van der Waals surface area contributed by atoms with Gasteiger partial charge in [-0.05, 0) is 44.3 Å². The molecule has 1 fully saturated rings. The molecule has 1 aliphatic carbocycles. The highest BCUT2D eigenvalue weighted by Gasteiger charge is 2.30. The van der Waals surface area contributed by atoms with Crippen LogP contribution in [-0.4, -0.2) is 28.3 Å². The molecule has 6 heteroatoms. The van der Waals surface area contributed by atoms with Crippen LogP contribution in [0.15, 0.2) is 34.9 Å². The molecular formula is C14H18BN3O2. The third-order valence-electron chi connectivity index (χ3n) is 3.74. The molecule has 2 atom stereocenters. The summed E-state index contributed by atoms with van der Waals surface area (Å²) in [5, 5.41) is 16.6. The van der Waals surface area contributed by atoms with Gasteiger partial charge in [0, 0.05) is 11.5 Å². The van der Waals surface area contributed by atoms with Crippen molar-refractivity contribution in [1.82, 2.24) is 15.4 Å². The minimum atomic E-state index is -0.469. The molecule has 104 valence electrons. The second-order valence-corrected chi connectivity index (χ2v) is 5.37. The number of nitrogens with zero attached hydrogens (tertiary/aromatic N) is 2. The predicted octanol–water partition coefficient (Wildman–Crippen LogP) is 2.07. The number of aromatic nitrogens is 2. The highest BCUT2D eigenvalue weighted by molar-refractivity contribution is 6.45. The molecule has 1 saturated carbocycles. The van der Waals surface area contributed by atoms with E-state index in [1.54, 1.807) is 6.82 Å². The van der Waals surface area contributed by atoms with Crippen LogP contribution in [0.3, 0.4) is 0 Å². The Morgan fingerprint density at radius 3 is 2.85 bits per heavy atom. The Bertz CT molecular complexity index is 559. The number of benzene rings is 1. The van der Waals surface area contributed by atoms with Crippen molar-refractivity contribution in [2.75, 3.05) is 0 Å². The monoisotopic (exact) mass is 271 g/mol. The Morgan fingerprint density at radius 2 is 2.10 bits per heavy atom. The Kier molecular flexibility index (Phi) is 3.85. The first-order chi connectivity index (χ1) is 9.72. The second-order valence-electron chi connectivity index (χ2n) is 5.37. The zero-order valence-corrected chi connectivity index (χ0v) is 11.5. The van der Waals surface area contributed by atoms with E-state index in [9.17, 15) is 5.02 Å². The number of hydrogen-bond acceptors (Lipinski definition) is 5. The molecule has 0 saturated heterocycles. The van der Waals surface area contributed by atoms with E-state index in [0.29, 0.717) is 17.9 Å². The fraction of sp³-hybridized carbons (Fsp3) is 0.429. The first kappa shape index (κ1) is 13.3. The van der Waals surface area contributed by atoms with Crippen LogP contribution in [0.25, 0.3) is 11.5 Å². The van der Waals surface area contributed by atoms with Crippen molar-refractivity contribution in [3.05, 3.63) is 36.2 Å². The summed E-state index contributed by atoms with van der Waals surface area (Å²) >= 11 is 0. The lowest BCUT2D eigenvalue weighted by Crippen LogP contribution is -2.38. The zero-order valence-electron chi connectivity index (χ0n) is 11.5. The van der Waals surface area contributed by atoms with Gasteiger partial charge in [-0.3, -0.25) is 0 Å². The van der Waals surface area contributed by atoms with E-state index in [1.165, 1.54) is 0 Å². The van der Waals surface area contributed by atoms with E-state index in [-0.39, 0.29) is 0 Å². The van der Waals surface area contributed by atoms with Gasteiger partial charge < -0.3 is 14.8 Å². The average molecular weight is 271 g/mol. The summed E-state index contributed by atoms with van der Waals surface area (Å²) in [6.07, 6.45) is 3.00. The van der Waals surface area contributed by atoms with Crippen LogP contribution < -0.4 is 5.23 Å². The lowest BCUT2D eigenvalue weighted by atomic mass is 9.87. The molecule has 0 spiro atoms. The molecule has 1 aromatic heterocycles. The molecule has 2 aromatic rings. The van der Waals surface area contributed by atoms with E-state index in [4.69, 9.17) is 4.52 Å². The summed E-state index contributed by atoms with van der Waals surface area (Å²) in [6, 6.07) is 10.1. The fourth-order valence-corrected chi connectivity index (χ4v) is 2.81. The maximum atomic E-state index is 9.36. The lowest BCUT2D eigenvalue weighted by Gasteiger charge is -2.12. The normalized spacial score (nSPS) is 22.1. The lowest BCUT2D eigenvalue weighted by molar-refractivity contribution is 0.415. The van der Waals surface area contributed by atoms with Gasteiger partial charge >= 0.3 is 7.05 Å². The summed E-state index contributed by atoms with van der Waals surface area (Å²) < 4.78 is 5.35. The quantitative estimate of drug-likeness (QED) is 0.833. The van der Waals surface area contributed by atoms with Gasteiger partial charge in [-0.15, -0.1) is 0 Å². The van der Waals surface area contributed by atoms with E-state index in [1.807, 2.05) is 30.3 Å². The van der Waals surface area contributed by atoms with Crippen molar-refractivity contribution in [3.63, 3.8) is 0 Å². The van der Waals surface area contributed by atoms with Crippen LogP contribution in [0.1, 0.15) is 31.0 Å². The van der Waals surface area contributed by atoms with Gasteiger partial charge in [0.25, 0.3) is 5.89 Å². The van der Waals surface area contributed by atoms with Crippen LogP contribution in [0, 0.1) is 0 Å². The van der Waals surface area contributed by atoms with Gasteiger partial charge in [0.05, 0.1) is 0 Å². The number of rotatable bonds is 4. The first-order valence-electron chi connectivity index (χ1n) is 7.05. The molecule has 0 radical (unpaired) electrons. The molecule has 2 unspecified atom stereocenters. The van der Waals surface area contributed by atoms with E-state index >= 15 is 0 Å². The molecule has 1 aromatic carbocycles. The smallest absolute Gasteiger partial charge is 0.373 e. The van der Waals surface area contributed by atoms with Crippen molar-refractivity contribution < 1.29 is 9.55 Å². The van der Waals surface area contributed by atoms with Gasteiger partial charge in [0.2, 0.25) is 0 Å². The Morgan fingerprint density at radius 1 is 1.30 bits per heavy atom. The van der Waals surface area contributed by atoms with Crippen LogP contribution in [0.2, 0.25) is 6.82 Å². The largest absolute Gasteiger partial charge is 0.437 e. The van der Waals surface area contributed by atoms with Crippen LogP contribution in [-0.2, 0) is 0 Å². The molecule has 0 bridgehead atoms. The van der Waals surface area contributed by atoms with Crippen LogP contribution in [0.4, 0.5) is 0 Å². The van der Waals surface area contributed by atoms with Gasteiger partial charge in [-0.1, -0.05) is 23.4 Å². The maximum absolute atomic E-state index is 9.36. The summed E-state index contributed by atoms with van der Waals surface area (Å²) in [4.78, 5) is 4.51. The number of hydrogen-bond donors (Lipinski definition) is 2. The predicted molar refractivity (Wildman–Crippen MR) is 77.1 cm³/mol. The topological polar surface area (TPSA) is 71.2 Å². The fourth-order valence-electron chi connectivity index (χ4n) is 2.81. The molecule has 1 heterocycles. The highest BCUT2D eigenvalue weighted by Crippen LogP contribution is 2.33. The zero-order chi connectivity index (χ0) is 13.9. The molecule has 0 aliphatic heterocycles. The Balaban J connectivity index is 1.69. The van der Waals surface area contributed by atoms with Gasteiger partial charge in [-0.2, -0.15) is 4.98 Å². The Labute approximate surface area is 118 Å². The summed E-state index contributed by atoms with van der Waals surface area (Å²) in [5.74, 6) is 1.67. The maximum Gasteiger partial charge on any atom is 0.373 e. The van der Waals surface area contributed by atoms with Crippen molar-refractivity contribution >= 4 is 7.05 Å². The van der Waals surface area contributed by atoms with Gasteiger partial charge in [0.15, 0.2) is 5.82 Å². The highest BCUT2D eigenvalue weighted by atomic mass is 16.5.